The summed E-state index contributed by atoms with van der Waals surface area (Å²) in [6.45, 7) is 2.78. The van der Waals surface area contributed by atoms with E-state index in [-0.39, 0.29) is 11.4 Å². The summed E-state index contributed by atoms with van der Waals surface area (Å²) >= 11 is 0. The molecule has 0 aliphatic heterocycles. The third kappa shape index (κ3) is 2.13. The topological polar surface area (TPSA) is 78.4 Å². The van der Waals surface area contributed by atoms with Gasteiger partial charge in [0.2, 0.25) is 0 Å². The Morgan fingerprint density at radius 1 is 1.25 bits per heavy atom. The Hall–Kier alpha value is -1.26. The summed E-state index contributed by atoms with van der Waals surface area (Å²) in [6, 6.07) is -0.348. The number of nitrogens with one attached hydrogen (secondary N) is 2. The molecule has 0 aromatic heterocycles. The highest BCUT2D eigenvalue weighted by Gasteiger charge is 2.52. The van der Waals surface area contributed by atoms with Crippen LogP contribution >= 0.6 is 0 Å². The van der Waals surface area contributed by atoms with Crippen molar-refractivity contribution in [2.75, 3.05) is 6.54 Å². The largest absolute Gasteiger partial charge is 0.480 e. The van der Waals surface area contributed by atoms with Crippen molar-refractivity contribution in [2.45, 2.75) is 44.6 Å². The molecule has 5 nitrogen and oxygen atoms in total. The minimum Gasteiger partial charge on any atom is -0.480 e. The van der Waals surface area contributed by atoms with E-state index >= 15 is 0 Å². The average Bonchev–Trinajstić information content (AvgIpc) is 3.11. The number of carboxylic acid groups (broad SMARTS) is 1. The molecule has 2 saturated carbocycles. The number of carbonyl (C=O) groups excluding carboxylic acids is 1. The van der Waals surface area contributed by atoms with Crippen LogP contribution in [-0.2, 0) is 4.79 Å². The van der Waals surface area contributed by atoms with Crippen molar-refractivity contribution >= 4 is 12.0 Å². The number of aliphatic carboxylic acids is 1. The third-order valence-electron chi connectivity index (χ3n) is 3.84. The predicted octanol–water partition coefficient (Wildman–Crippen LogP) is 1.09. The van der Waals surface area contributed by atoms with Crippen molar-refractivity contribution in [1.29, 1.82) is 0 Å². The Labute approximate surface area is 94.6 Å². The third-order valence-corrected chi connectivity index (χ3v) is 3.84. The molecule has 2 rings (SSSR count). The van der Waals surface area contributed by atoms with Gasteiger partial charge in [-0.15, -0.1) is 0 Å². The summed E-state index contributed by atoms with van der Waals surface area (Å²) in [4.78, 5) is 22.4. The molecule has 0 heterocycles. The maximum atomic E-state index is 11.5. The van der Waals surface area contributed by atoms with Gasteiger partial charge in [-0.2, -0.15) is 0 Å². The molecule has 2 fully saturated rings. The van der Waals surface area contributed by atoms with Gasteiger partial charge in [-0.1, -0.05) is 6.92 Å². The van der Waals surface area contributed by atoms with Crippen LogP contribution in [0.25, 0.3) is 0 Å². The van der Waals surface area contributed by atoms with Crippen molar-refractivity contribution in [3.05, 3.63) is 0 Å². The summed E-state index contributed by atoms with van der Waals surface area (Å²) in [7, 11) is 0. The maximum Gasteiger partial charge on any atom is 0.329 e. The van der Waals surface area contributed by atoms with Crippen LogP contribution in [-0.4, -0.2) is 29.2 Å². The van der Waals surface area contributed by atoms with E-state index < -0.39 is 11.5 Å². The fourth-order valence-electron chi connectivity index (χ4n) is 1.88. The number of urea groups is 1. The van der Waals surface area contributed by atoms with Crippen LogP contribution in [0.5, 0.6) is 0 Å². The van der Waals surface area contributed by atoms with E-state index in [2.05, 4.69) is 17.6 Å². The first-order chi connectivity index (χ1) is 7.52. The molecule has 90 valence electrons. The SMILES string of the molecule is CCC1(CNC(=O)NC2(C(=O)O)CC2)CC1. The lowest BCUT2D eigenvalue weighted by atomic mass is 10.0. The minimum absolute atomic E-state index is 0.289. The van der Waals surface area contributed by atoms with Gasteiger partial charge < -0.3 is 15.7 Å². The second-order valence-corrected chi connectivity index (χ2v) is 5.05. The van der Waals surface area contributed by atoms with Gasteiger partial charge >= 0.3 is 12.0 Å². The predicted molar refractivity (Wildman–Crippen MR) is 58.1 cm³/mol. The molecule has 0 radical (unpaired) electrons. The fourth-order valence-corrected chi connectivity index (χ4v) is 1.88. The van der Waals surface area contributed by atoms with Crippen LogP contribution in [0.15, 0.2) is 0 Å². The number of carboxylic acids is 1. The quantitative estimate of drug-likeness (QED) is 0.656. The lowest BCUT2D eigenvalue weighted by molar-refractivity contribution is -0.140. The van der Waals surface area contributed by atoms with E-state index in [4.69, 9.17) is 5.11 Å². The van der Waals surface area contributed by atoms with Crippen molar-refractivity contribution < 1.29 is 14.7 Å². The first-order valence-corrected chi connectivity index (χ1v) is 5.81. The van der Waals surface area contributed by atoms with Crippen LogP contribution < -0.4 is 10.6 Å². The standard InChI is InChI=1S/C11H18N2O3/c1-2-10(3-4-10)7-12-9(16)13-11(5-6-11)8(14)15/h2-7H2,1H3,(H,14,15)(H2,12,13,16). The molecule has 0 atom stereocenters. The van der Waals surface area contributed by atoms with E-state index in [9.17, 15) is 9.59 Å². The van der Waals surface area contributed by atoms with Crippen LogP contribution in [0.3, 0.4) is 0 Å². The van der Waals surface area contributed by atoms with Gasteiger partial charge in [-0.3, -0.25) is 0 Å². The second kappa shape index (κ2) is 3.64. The molecular formula is C11H18N2O3. The van der Waals surface area contributed by atoms with E-state index in [0.29, 0.717) is 19.4 Å². The number of rotatable bonds is 5. The summed E-state index contributed by atoms with van der Waals surface area (Å²) in [5.41, 5.74) is -0.690. The number of carbonyl (C=O) groups is 2. The Morgan fingerprint density at radius 3 is 2.25 bits per heavy atom. The smallest absolute Gasteiger partial charge is 0.329 e. The van der Waals surface area contributed by atoms with Crippen LogP contribution in [0.4, 0.5) is 4.79 Å². The number of hydrogen-bond donors (Lipinski definition) is 3. The van der Waals surface area contributed by atoms with Gasteiger partial charge in [0.15, 0.2) is 0 Å². The maximum absolute atomic E-state index is 11.5. The zero-order valence-electron chi connectivity index (χ0n) is 9.51. The molecule has 16 heavy (non-hydrogen) atoms. The second-order valence-electron chi connectivity index (χ2n) is 5.05. The molecule has 2 aliphatic carbocycles. The van der Waals surface area contributed by atoms with Crippen LogP contribution in [0, 0.1) is 5.41 Å². The number of hydrogen-bond acceptors (Lipinski definition) is 2. The Balaban J connectivity index is 1.75. The summed E-state index contributed by atoms with van der Waals surface area (Å²) in [5.74, 6) is -0.931. The van der Waals surface area contributed by atoms with E-state index in [1.807, 2.05) is 0 Å². The Bertz CT molecular complexity index is 319. The lowest BCUT2D eigenvalue weighted by Crippen LogP contribution is -2.49. The van der Waals surface area contributed by atoms with E-state index in [1.165, 1.54) is 0 Å². The highest BCUT2D eigenvalue weighted by atomic mass is 16.4. The molecule has 2 amide bonds. The van der Waals surface area contributed by atoms with Gasteiger partial charge in [0.1, 0.15) is 5.54 Å². The van der Waals surface area contributed by atoms with Crippen LogP contribution in [0.1, 0.15) is 39.0 Å². The molecule has 0 aromatic rings. The van der Waals surface area contributed by atoms with Crippen LogP contribution in [0.2, 0.25) is 0 Å². The Morgan fingerprint density at radius 2 is 1.88 bits per heavy atom. The fraction of sp³-hybridized carbons (Fsp3) is 0.818. The molecule has 0 bridgehead atoms. The highest BCUT2D eigenvalue weighted by molar-refractivity contribution is 5.88. The molecule has 0 aromatic carbocycles. The lowest BCUT2D eigenvalue weighted by Gasteiger charge is -2.16. The van der Waals surface area contributed by atoms with Gasteiger partial charge in [0, 0.05) is 6.54 Å². The first kappa shape index (κ1) is 11.2. The van der Waals surface area contributed by atoms with Gasteiger partial charge in [0.05, 0.1) is 0 Å². The molecular weight excluding hydrogens is 208 g/mol. The van der Waals surface area contributed by atoms with Crippen molar-refractivity contribution in [2.24, 2.45) is 5.41 Å². The molecule has 0 spiro atoms. The molecule has 3 N–H and O–H groups in total. The Kier molecular flexibility index (Phi) is 2.56. The minimum atomic E-state index is -0.979. The van der Waals surface area contributed by atoms with Gasteiger partial charge in [0.25, 0.3) is 0 Å². The first-order valence-electron chi connectivity index (χ1n) is 5.81. The average molecular weight is 226 g/mol. The van der Waals surface area contributed by atoms with E-state index in [0.717, 1.165) is 19.3 Å². The van der Waals surface area contributed by atoms with E-state index in [1.54, 1.807) is 0 Å². The summed E-state index contributed by atoms with van der Waals surface area (Å²) < 4.78 is 0. The summed E-state index contributed by atoms with van der Waals surface area (Å²) in [6.07, 6.45) is 4.46. The monoisotopic (exact) mass is 226 g/mol. The zero-order chi connectivity index (χ0) is 11.8. The van der Waals surface area contributed by atoms with Crippen molar-refractivity contribution in [3.63, 3.8) is 0 Å². The van der Waals surface area contributed by atoms with Crippen molar-refractivity contribution in [1.82, 2.24) is 10.6 Å². The van der Waals surface area contributed by atoms with Crippen molar-refractivity contribution in [3.8, 4) is 0 Å². The molecule has 5 heteroatoms. The highest BCUT2D eigenvalue weighted by Crippen LogP contribution is 2.47. The molecule has 2 aliphatic rings. The molecule has 0 unspecified atom stereocenters. The normalized spacial score (nSPS) is 23.3. The molecule has 0 saturated heterocycles. The zero-order valence-corrected chi connectivity index (χ0v) is 9.51. The summed E-state index contributed by atoms with van der Waals surface area (Å²) in [5, 5.41) is 14.2. The van der Waals surface area contributed by atoms with Gasteiger partial charge in [-0.05, 0) is 37.5 Å². The van der Waals surface area contributed by atoms with Gasteiger partial charge in [-0.25, -0.2) is 9.59 Å². The number of amides is 2.